The molecule has 0 aliphatic carbocycles. The molecular formula is C18H32N2O9. The smallest absolute Gasteiger partial charge is 0.303 e. The van der Waals surface area contributed by atoms with Crippen LogP contribution in [0.3, 0.4) is 0 Å². The molecule has 0 unspecified atom stereocenters. The van der Waals surface area contributed by atoms with E-state index < -0.39 is 35.1 Å². The highest BCUT2D eigenvalue weighted by Crippen LogP contribution is 2.39. The third-order valence-corrected chi connectivity index (χ3v) is 4.81. The molecule has 29 heavy (non-hydrogen) atoms. The second kappa shape index (κ2) is 13.1. The summed E-state index contributed by atoms with van der Waals surface area (Å²) in [7, 11) is 0. The van der Waals surface area contributed by atoms with Gasteiger partial charge in [0.1, 0.15) is 0 Å². The van der Waals surface area contributed by atoms with Crippen LogP contribution in [-0.4, -0.2) is 68.6 Å². The third kappa shape index (κ3) is 11.4. The molecule has 0 radical (unpaired) electrons. The second-order valence-corrected chi connectivity index (χ2v) is 7.12. The predicted octanol–water partition coefficient (Wildman–Crippen LogP) is 0.637. The lowest BCUT2D eigenvalue weighted by molar-refractivity contribution is -0.186. The quantitative estimate of drug-likeness (QED) is 0.181. The highest BCUT2D eigenvalue weighted by Gasteiger charge is 2.42. The summed E-state index contributed by atoms with van der Waals surface area (Å²) in [6.07, 6.45) is -1.13. The summed E-state index contributed by atoms with van der Waals surface area (Å²) in [6, 6.07) is 0. The molecule has 0 saturated heterocycles. The van der Waals surface area contributed by atoms with Gasteiger partial charge in [-0.15, -0.1) is 0 Å². The lowest BCUT2D eigenvalue weighted by Gasteiger charge is -2.44. The van der Waals surface area contributed by atoms with E-state index in [0.29, 0.717) is 0 Å². The van der Waals surface area contributed by atoms with Crippen molar-refractivity contribution in [3.05, 3.63) is 0 Å². The lowest BCUT2D eigenvalue weighted by Crippen LogP contribution is -2.48. The van der Waals surface area contributed by atoms with Crippen LogP contribution in [0.5, 0.6) is 0 Å². The maximum atomic E-state index is 11.1. The van der Waals surface area contributed by atoms with Gasteiger partial charge in [-0.05, 0) is 51.6 Å². The summed E-state index contributed by atoms with van der Waals surface area (Å²) in [6.45, 7) is 0.158. The van der Waals surface area contributed by atoms with E-state index in [9.17, 15) is 19.2 Å². The van der Waals surface area contributed by atoms with Gasteiger partial charge in [0.25, 0.3) is 0 Å². The normalized spacial score (nSPS) is 11.9. The molecule has 0 rings (SSSR count). The molecule has 0 aromatic heterocycles. The first kappa shape index (κ1) is 26.8. The van der Waals surface area contributed by atoms with Gasteiger partial charge in [-0.2, -0.15) is 0 Å². The molecule has 0 atom stereocenters. The van der Waals surface area contributed by atoms with Gasteiger partial charge < -0.3 is 36.6 Å². The standard InChI is InChI=1S/C18H32N2O9/c19-11-9-17(5-1-13(21)22,6-2-14(23)24)29-18(10-12-20,7-3-15(25)26)8-4-16(27)28/h1-12,19-20H2,(H,21,22)(H,23,24)(H,25,26)(H,27,28). The fourth-order valence-electron chi connectivity index (χ4n) is 3.38. The minimum atomic E-state index is -1.25. The molecule has 0 aliphatic heterocycles. The van der Waals surface area contributed by atoms with Gasteiger partial charge in [-0.3, -0.25) is 19.2 Å². The molecule has 0 spiro atoms. The molecule has 11 heteroatoms. The summed E-state index contributed by atoms with van der Waals surface area (Å²) < 4.78 is 6.29. The average Bonchev–Trinajstić information content (AvgIpc) is 2.62. The van der Waals surface area contributed by atoms with E-state index in [1.165, 1.54) is 0 Å². The number of carboxylic acids is 4. The van der Waals surface area contributed by atoms with E-state index in [0.717, 1.165) is 0 Å². The number of nitrogens with two attached hydrogens (primary N) is 2. The molecule has 0 aromatic carbocycles. The summed E-state index contributed by atoms with van der Waals surface area (Å²) in [5, 5.41) is 36.4. The molecule has 0 aliphatic rings. The molecule has 0 aromatic rings. The summed E-state index contributed by atoms with van der Waals surface area (Å²) >= 11 is 0. The summed E-state index contributed by atoms with van der Waals surface area (Å²) in [5.74, 6) is -4.42. The van der Waals surface area contributed by atoms with Crippen molar-refractivity contribution in [1.29, 1.82) is 0 Å². The Kier molecular flexibility index (Phi) is 12.1. The first-order valence-electron chi connectivity index (χ1n) is 9.47. The van der Waals surface area contributed by atoms with Gasteiger partial charge >= 0.3 is 23.9 Å². The van der Waals surface area contributed by atoms with Crippen LogP contribution in [0.15, 0.2) is 0 Å². The van der Waals surface area contributed by atoms with E-state index in [1.54, 1.807) is 0 Å². The second-order valence-electron chi connectivity index (χ2n) is 7.12. The SMILES string of the molecule is NCCC(CCC(=O)O)(CCC(=O)O)OC(CCN)(CCC(=O)O)CCC(=O)O. The van der Waals surface area contributed by atoms with Crippen molar-refractivity contribution in [3.8, 4) is 0 Å². The minimum Gasteiger partial charge on any atom is -0.481 e. The van der Waals surface area contributed by atoms with Gasteiger partial charge in [-0.25, -0.2) is 0 Å². The Hall–Kier alpha value is -2.24. The van der Waals surface area contributed by atoms with Crippen molar-refractivity contribution < 1.29 is 44.3 Å². The summed E-state index contributed by atoms with van der Waals surface area (Å²) in [4.78, 5) is 44.5. The Morgan fingerprint density at radius 2 is 0.793 bits per heavy atom. The molecule has 0 bridgehead atoms. The molecule has 8 N–H and O–H groups in total. The number of hydrogen-bond donors (Lipinski definition) is 6. The van der Waals surface area contributed by atoms with Crippen molar-refractivity contribution in [2.45, 2.75) is 75.4 Å². The fourth-order valence-corrected chi connectivity index (χ4v) is 3.38. The number of aliphatic carboxylic acids is 4. The third-order valence-electron chi connectivity index (χ3n) is 4.81. The van der Waals surface area contributed by atoms with Crippen LogP contribution >= 0.6 is 0 Å². The van der Waals surface area contributed by atoms with Crippen molar-refractivity contribution in [3.63, 3.8) is 0 Å². The number of hydrogen-bond acceptors (Lipinski definition) is 7. The number of carboxylic acid groups (broad SMARTS) is 4. The maximum Gasteiger partial charge on any atom is 0.303 e. The molecular weight excluding hydrogens is 388 g/mol. The van der Waals surface area contributed by atoms with Crippen molar-refractivity contribution in [1.82, 2.24) is 0 Å². The maximum absolute atomic E-state index is 11.1. The Bertz CT molecular complexity index is 482. The monoisotopic (exact) mass is 420 g/mol. The molecule has 11 nitrogen and oxygen atoms in total. The molecule has 0 heterocycles. The Morgan fingerprint density at radius 3 is 0.966 bits per heavy atom. The zero-order valence-corrected chi connectivity index (χ0v) is 16.5. The van der Waals surface area contributed by atoms with Gasteiger partial charge in [0.05, 0.1) is 11.2 Å². The summed E-state index contributed by atoms with van der Waals surface area (Å²) in [5.41, 5.74) is 8.85. The van der Waals surface area contributed by atoms with E-state index in [2.05, 4.69) is 0 Å². The zero-order valence-electron chi connectivity index (χ0n) is 16.5. The minimum absolute atomic E-state index is 0.0424. The molecule has 0 amide bonds. The van der Waals surface area contributed by atoms with Crippen molar-refractivity contribution >= 4 is 23.9 Å². The number of ether oxygens (including phenoxy) is 1. The lowest BCUT2D eigenvalue weighted by atomic mass is 9.83. The van der Waals surface area contributed by atoms with Crippen LogP contribution < -0.4 is 11.5 Å². The number of carbonyl (C=O) groups is 4. The van der Waals surface area contributed by atoms with Crippen LogP contribution in [0.1, 0.15) is 64.2 Å². The van der Waals surface area contributed by atoms with Gasteiger partial charge in [-0.1, -0.05) is 0 Å². The van der Waals surface area contributed by atoms with Crippen LogP contribution in [0.25, 0.3) is 0 Å². The fraction of sp³-hybridized carbons (Fsp3) is 0.778. The van der Waals surface area contributed by atoms with Gasteiger partial charge in [0, 0.05) is 25.7 Å². The zero-order chi connectivity index (χ0) is 22.5. The van der Waals surface area contributed by atoms with Crippen molar-refractivity contribution in [2.75, 3.05) is 13.1 Å². The highest BCUT2D eigenvalue weighted by atomic mass is 16.5. The van der Waals surface area contributed by atoms with E-state index >= 15 is 0 Å². The van der Waals surface area contributed by atoms with Gasteiger partial charge in [0.2, 0.25) is 0 Å². The van der Waals surface area contributed by atoms with Gasteiger partial charge in [0.15, 0.2) is 0 Å². The first-order chi connectivity index (χ1) is 13.5. The Balaban J connectivity index is 5.99. The van der Waals surface area contributed by atoms with Crippen LogP contribution in [-0.2, 0) is 23.9 Å². The largest absolute Gasteiger partial charge is 0.481 e. The van der Waals surface area contributed by atoms with E-state index in [1.807, 2.05) is 0 Å². The molecule has 0 fully saturated rings. The van der Waals surface area contributed by atoms with Crippen LogP contribution in [0.4, 0.5) is 0 Å². The van der Waals surface area contributed by atoms with Crippen LogP contribution in [0.2, 0.25) is 0 Å². The van der Waals surface area contributed by atoms with Crippen molar-refractivity contribution in [2.24, 2.45) is 11.5 Å². The molecule has 168 valence electrons. The Morgan fingerprint density at radius 1 is 0.552 bits per heavy atom. The first-order valence-corrected chi connectivity index (χ1v) is 9.47. The highest BCUT2D eigenvalue weighted by molar-refractivity contribution is 5.68. The van der Waals surface area contributed by atoms with E-state index in [4.69, 9.17) is 36.6 Å². The average molecular weight is 420 g/mol. The molecule has 0 saturated carbocycles. The number of rotatable bonds is 18. The Labute approximate surface area is 169 Å². The predicted molar refractivity (Wildman–Crippen MR) is 101 cm³/mol. The van der Waals surface area contributed by atoms with E-state index in [-0.39, 0.29) is 77.3 Å². The topological polar surface area (TPSA) is 210 Å². The van der Waals surface area contributed by atoms with Crippen LogP contribution in [0, 0.1) is 0 Å².